The molecule has 13 heteroatoms. The first kappa shape index (κ1) is 25.1. The van der Waals surface area contributed by atoms with E-state index < -0.39 is 25.9 Å². The summed E-state index contributed by atoms with van der Waals surface area (Å²) >= 11 is 6.11. The number of rotatable bonds is 7. The second-order valence-corrected chi connectivity index (χ2v) is 8.62. The molecule has 1 aromatic heterocycles. The molecule has 0 radical (unpaired) electrons. The van der Waals surface area contributed by atoms with Crippen molar-refractivity contribution in [2.45, 2.75) is 20.1 Å². The van der Waals surface area contributed by atoms with Crippen LogP contribution in [0.15, 0.2) is 41.2 Å². The predicted molar refractivity (Wildman–Crippen MR) is 117 cm³/mol. The van der Waals surface area contributed by atoms with Gasteiger partial charge in [-0.2, -0.15) is 15.6 Å². The van der Waals surface area contributed by atoms with Crippen molar-refractivity contribution in [2.24, 2.45) is 0 Å². The smallest absolute Gasteiger partial charge is 0.453 e. The lowest BCUT2D eigenvalue weighted by Gasteiger charge is -2.13. The van der Waals surface area contributed by atoms with Crippen LogP contribution in [-0.2, 0) is 22.2 Å². The summed E-state index contributed by atoms with van der Waals surface area (Å²) < 4.78 is 36.8. The Balaban J connectivity index is 1.95. The normalized spacial score (nSPS) is 11.0. The van der Waals surface area contributed by atoms with Crippen LogP contribution in [0.4, 0.5) is 4.39 Å². The minimum absolute atomic E-state index is 0.0330. The average Bonchev–Trinajstić information content (AvgIpc) is 2.79. The quantitative estimate of drug-likeness (QED) is 0.459. The van der Waals surface area contributed by atoms with Gasteiger partial charge in [0.05, 0.1) is 34.0 Å². The summed E-state index contributed by atoms with van der Waals surface area (Å²) in [6, 6.07) is 11.9. The third kappa shape index (κ3) is 6.06. The summed E-state index contributed by atoms with van der Waals surface area (Å²) in [4.78, 5) is 29.9. The van der Waals surface area contributed by atoms with Gasteiger partial charge in [0.15, 0.2) is 18.3 Å². The van der Waals surface area contributed by atoms with E-state index >= 15 is 4.39 Å². The van der Waals surface area contributed by atoms with Crippen LogP contribution in [0.5, 0.6) is 11.5 Å². The number of hydrogen-bond donors (Lipinski definition) is 2. The van der Waals surface area contributed by atoms with Crippen molar-refractivity contribution in [1.29, 1.82) is 10.5 Å². The Morgan fingerprint density at radius 2 is 1.82 bits per heavy atom. The molecule has 0 amide bonds. The molecular formula is C21H15ClFN4O6P. The molecule has 0 aliphatic carbocycles. The standard InChI is InChI=1S/C21H15ClFN4O6P/c1-12-4-16(26-27(21(12)28)11-32-34(29,30)31)8-15-2-3-18(22)20(19(15)23)33-17-6-13(9-24)5-14(7-17)10-25/h2-7H,8,11H2,1H3,(H2,29,30,31). The number of benzene rings is 2. The van der Waals surface area contributed by atoms with Gasteiger partial charge in [0.2, 0.25) is 0 Å². The lowest BCUT2D eigenvalue weighted by atomic mass is 10.1. The first-order chi connectivity index (χ1) is 16.0. The highest BCUT2D eigenvalue weighted by molar-refractivity contribution is 7.46. The van der Waals surface area contributed by atoms with Crippen molar-refractivity contribution in [3.05, 3.63) is 85.5 Å². The molecule has 34 heavy (non-hydrogen) atoms. The van der Waals surface area contributed by atoms with Gasteiger partial charge in [-0.25, -0.2) is 13.6 Å². The first-order valence-corrected chi connectivity index (χ1v) is 11.3. The molecule has 10 nitrogen and oxygen atoms in total. The number of nitriles is 2. The average molecular weight is 505 g/mol. The minimum atomic E-state index is -4.84. The van der Waals surface area contributed by atoms with Crippen LogP contribution in [0.1, 0.15) is 27.9 Å². The maximum absolute atomic E-state index is 15.3. The van der Waals surface area contributed by atoms with E-state index in [1.54, 1.807) is 0 Å². The molecule has 0 aliphatic rings. The van der Waals surface area contributed by atoms with Gasteiger partial charge in [0.1, 0.15) is 5.75 Å². The third-order valence-electron chi connectivity index (χ3n) is 4.44. The number of ether oxygens (including phenoxy) is 1. The van der Waals surface area contributed by atoms with Crippen molar-refractivity contribution in [1.82, 2.24) is 9.78 Å². The topological polar surface area (TPSA) is 158 Å². The number of halogens is 2. The molecule has 0 unspecified atom stereocenters. The summed E-state index contributed by atoms with van der Waals surface area (Å²) in [5, 5.41) is 22.1. The van der Waals surface area contributed by atoms with Crippen molar-refractivity contribution in [3.8, 4) is 23.6 Å². The van der Waals surface area contributed by atoms with Crippen LogP contribution < -0.4 is 10.3 Å². The largest absolute Gasteiger partial charge is 0.471 e. The molecule has 0 atom stereocenters. The maximum Gasteiger partial charge on any atom is 0.471 e. The van der Waals surface area contributed by atoms with Crippen LogP contribution in [0.25, 0.3) is 0 Å². The molecule has 0 spiro atoms. The van der Waals surface area contributed by atoms with E-state index in [9.17, 15) is 9.36 Å². The molecule has 0 bridgehead atoms. The third-order valence-corrected chi connectivity index (χ3v) is 5.19. The summed E-state index contributed by atoms with van der Waals surface area (Å²) in [5.41, 5.74) is 0.134. The Hall–Kier alpha value is -3.57. The van der Waals surface area contributed by atoms with Crippen LogP contribution >= 0.6 is 19.4 Å². The Kier molecular flexibility index (Phi) is 7.48. The highest BCUT2D eigenvalue weighted by atomic mass is 35.5. The zero-order chi connectivity index (χ0) is 25.0. The predicted octanol–water partition coefficient (Wildman–Crippen LogP) is 3.54. The van der Waals surface area contributed by atoms with E-state index in [0.717, 1.165) is 0 Å². The monoisotopic (exact) mass is 504 g/mol. The van der Waals surface area contributed by atoms with Crippen molar-refractivity contribution in [3.63, 3.8) is 0 Å². The van der Waals surface area contributed by atoms with Crippen molar-refractivity contribution < 1.29 is 28.0 Å². The summed E-state index contributed by atoms with van der Waals surface area (Å²) in [7, 11) is -4.84. The highest BCUT2D eigenvalue weighted by Crippen LogP contribution is 2.36. The molecule has 0 aliphatic heterocycles. The second-order valence-electron chi connectivity index (χ2n) is 6.97. The number of aryl methyl sites for hydroxylation is 1. The van der Waals surface area contributed by atoms with Gasteiger partial charge in [-0.3, -0.25) is 9.32 Å². The van der Waals surface area contributed by atoms with Gasteiger partial charge >= 0.3 is 7.82 Å². The highest BCUT2D eigenvalue weighted by Gasteiger charge is 2.19. The summed E-state index contributed by atoms with van der Waals surface area (Å²) in [6.45, 7) is 0.662. The maximum atomic E-state index is 15.3. The van der Waals surface area contributed by atoms with Gasteiger partial charge in [-0.1, -0.05) is 17.7 Å². The number of aromatic nitrogens is 2. The Morgan fingerprint density at radius 1 is 1.18 bits per heavy atom. The van der Waals surface area contributed by atoms with Crippen LogP contribution in [-0.4, -0.2) is 19.6 Å². The SMILES string of the molecule is Cc1cc(Cc2ccc(Cl)c(Oc3cc(C#N)cc(C#N)c3)c2F)nn(COP(=O)(O)O)c1=O. The zero-order valence-corrected chi connectivity index (χ0v) is 19.0. The van der Waals surface area contributed by atoms with E-state index in [-0.39, 0.29) is 50.9 Å². The van der Waals surface area contributed by atoms with Crippen molar-refractivity contribution in [2.75, 3.05) is 0 Å². The van der Waals surface area contributed by atoms with Crippen molar-refractivity contribution >= 4 is 19.4 Å². The van der Waals surface area contributed by atoms with Crippen LogP contribution in [0.2, 0.25) is 5.02 Å². The fourth-order valence-electron chi connectivity index (χ4n) is 2.95. The van der Waals surface area contributed by atoms with Gasteiger partial charge in [-0.15, -0.1) is 0 Å². The molecular weight excluding hydrogens is 490 g/mol. The molecule has 2 aromatic carbocycles. The number of phosphoric acid groups is 1. The molecule has 2 N–H and O–H groups in total. The fourth-order valence-corrected chi connectivity index (χ4v) is 3.40. The van der Waals surface area contributed by atoms with E-state index in [0.29, 0.717) is 4.68 Å². The molecule has 3 rings (SSSR count). The van der Waals surface area contributed by atoms with E-state index in [4.69, 9.17) is 36.6 Å². The first-order valence-electron chi connectivity index (χ1n) is 9.38. The summed E-state index contributed by atoms with van der Waals surface area (Å²) in [5.74, 6) is -1.14. The van der Waals surface area contributed by atoms with Crippen LogP contribution in [0.3, 0.4) is 0 Å². The van der Waals surface area contributed by atoms with Crippen LogP contribution in [0, 0.1) is 35.4 Å². The van der Waals surface area contributed by atoms with E-state index in [1.807, 2.05) is 12.1 Å². The molecule has 0 saturated heterocycles. The Bertz CT molecular complexity index is 1430. The van der Waals surface area contributed by atoms with E-state index in [1.165, 1.54) is 43.3 Å². The number of hydrogen-bond acceptors (Lipinski definition) is 7. The lowest BCUT2D eigenvalue weighted by molar-refractivity contribution is 0.141. The van der Waals surface area contributed by atoms with Gasteiger partial charge in [-0.05, 0) is 42.8 Å². The molecule has 174 valence electrons. The zero-order valence-electron chi connectivity index (χ0n) is 17.4. The summed E-state index contributed by atoms with van der Waals surface area (Å²) in [6.07, 6.45) is -0.127. The number of nitrogens with zero attached hydrogens (tertiary/aromatic N) is 4. The molecule has 1 heterocycles. The fraction of sp³-hybridized carbons (Fsp3) is 0.143. The van der Waals surface area contributed by atoms with Gasteiger partial charge in [0, 0.05) is 12.0 Å². The van der Waals surface area contributed by atoms with E-state index in [2.05, 4.69) is 9.62 Å². The van der Waals surface area contributed by atoms with Gasteiger partial charge in [0.25, 0.3) is 5.56 Å². The van der Waals surface area contributed by atoms with Gasteiger partial charge < -0.3 is 14.5 Å². The Labute approximate surface area is 197 Å². The minimum Gasteiger partial charge on any atom is -0.453 e. The lowest BCUT2D eigenvalue weighted by Crippen LogP contribution is -2.27. The molecule has 3 aromatic rings. The second kappa shape index (κ2) is 10.1. The number of phosphoric ester groups is 1. The molecule has 0 saturated carbocycles. The molecule has 0 fully saturated rings. The Morgan fingerprint density at radius 3 is 2.41 bits per heavy atom.